The van der Waals surface area contributed by atoms with Crippen LogP contribution in [0.15, 0.2) is 47.6 Å². The number of nitrogens with zero attached hydrogens (tertiary/aromatic N) is 2. The van der Waals surface area contributed by atoms with Crippen molar-refractivity contribution in [1.82, 2.24) is 5.43 Å². The van der Waals surface area contributed by atoms with Crippen LogP contribution in [0.2, 0.25) is 5.02 Å². The lowest BCUT2D eigenvalue weighted by Gasteiger charge is -2.09. The first-order valence-electron chi connectivity index (χ1n) is 7.03. The number of carbonyl (C=O) groups excluding carboxylic acids is 1. The van der Waals surface area contributed by atoms with E-state index in [-0.39, 0.29) is 17.3 Å². The first kappa shape index (κ1) is 18.2. The van der Waals surface area contributed by atoms with E-state index in [2.05, 4.69) is 10.5 Å². The Labute approximate surface area is 148 Å². The molecule has 0 saturated heterocycles. The number of ether oxygens (including phenoxy) is 2. The summed E-state index contributed by atoms with van der Waals surface area (Å²) in [5.74, 6) is 0.440. The van der Waals surface area contributed by atoms with Gasteiger partial charge in [0.25, 0.3) is 11.6 Å². The lowest BCUT2D eigenvalue weighted by atomic mass is 10.2. The number of nitrogens with one attached hydrogen (secondary N) is 1. The number of hydrogen-bond donors (Lipinski definition) is 1. The van der Waals surface area contributed by atoms with Crippen LogP contribution in [0.4, 0.5) is 5.69 Å². The summed E-state index contributed by atoms with van der Waals surface area (Å²) in [5.41, 5.74) is 2.44. The van der Waals surface area contributed by atoms with Crippen molar-refractivity contribution in [1.29, 1.82) is 0 Å². The van der Waals surface area contributed by atoms with Gasteiger partial charge in [-0.1, -0.05) is 29.8 Å². The number of amides is 1. The fourth-order valence-electron chi connectivity index (χ4n) is 1.84. The van der Waals surface area contributed by atoms with Gasteiger partial charge < -0.3 is 9.47 Å². The Bertz CT molecular complexity index is 810. The molecule has 0 aliphatic heterocycles. The third-order valence-corrected chi connectivity index (χ3v) is 3.32. The highest BCUT2D eigenvalue weighted by atomic mass is 35.5. The van der Waals surface area contributed by atoms with Crippen molar-refractivity contribution >= 4 is 29.4 Å². The van der Waals surface area contributed by atoms with Crippen LogP contribution < -0.4 is 14.9 Å². The standard InChI is InChI=1S/C16H14ClN3O5/c1-24-14-4-2-3-5-15(14)25-10-16(21)19-18-9-11-6-7-12(17)13(8-11)20(22)23/h2-9H,10H2,1H3,(H,19,21)/b18-9+. The lowest BCUT2D eigenvalue weighted by molar-refractivity contribution is -0.384. The summed E-state index contributed by atoms with van der Waals surface area (Å²) in [6, 6.07) is 11.1. The summed E-state index contributed by atoms with van der Waals surface area (Å²) in [4.78, 5) is 21.9. The molecule has 0 aliphatic carbocycles. The van der Waals surface area contributed by atoms with Crippen LogP contribution in [0, 0.1) is 10.1 Å². The van der Waals surface area contributed by atoms with Gasteiger partial charge in [0.15, 0.2) is 18.1 Å². The summed E-state index contributed by atoms with van der Waals surface area (Å²) in [6.45, 7) is -0.265. The first-order chi connectivity index (χ1) is 12.0. The number of hydrogen-bond acceptors (Lipinski definition) is 6. The maximum absolute atomic E-state index is 11.7. The number of hydrazone groups is 1. The molecule has 2 aromatic carbocycles. The van der Waals surface area contributed by atoms with Gasteiger partial charge in [0, 0.05) is 11.6 Å². The number of carbonyl (C=O) groups is 1. The van der Waals surface area contributed by atoms with Gasteiger partial charge in [-0.25, -0.2) is 5.43 Å². The molecule has 9 heteroatoms. The average Bonchev–Trinajstić information content (AvgIpc) is 2.61. The number of rotatable bonds is 7. The molecular weight excluding hydrogens is 350 g/mol. The molecule has 25 heavy (non-hydrogen) atoms. The van der Waals surface area contributed by atoms with Crippen molar-refractivity contribution in [2.24, 2.45) is 5.10 Å². The summed E-state index contributed by atoms with van der Waals surface area (Å²) < 4.78 is 10.4. The van der Waals surface area contributed by atoms with Gasteiger partial charge in [-0.15, -0.1) is 0 Å². The number of nitro benzene ring substituents is 1. The zero-order chi connectivity index (χ0) is 18.2. The molecule has 0 spiro atoms. The van der Waals surface area contributed by atoms with Crippen molar-refractivity contribution in [3.05, 3.63) is 63.2 Å². The van der Waals surface area contributed by atoms with E-state index in [1.807, 2.05) is 0 Å². The minimum atomic E-state index is -0.598. The van der Waals surface area contributed by atoms with Crippen LogP contribution in [0.5, 0.6) is 11.5 Å². The number of halogens is 1. The first-order valence-corrected chi connectivity index (χ1v) is 7.40. The zero-order valence-electron chi connectivity index (χ0n) is 13.1. The van der Waals surface area contributed by atoms with Crippen molar-refractivity contribution in [3.63, 3.8) is 0 Å². The number of para-hydroxylation sites is 2. The van der Waals surface area contributed by atoms with Crippen LogP contribution in [0.1, 0.15) is 5.56 Å². The molecule has 0 heterocycles. The van der Waals surface area contributed by atoms with Crippen molar-refractivity contribution in [3.8, 4) is 11.5 Å². The Hall–Kier alpha value is -3.13. The van der Waals surface area contributed by atoms with E-state index >= 15 is 0 Å². The van der Waals surface area contributed by atoms with Crippen molar-refractivity contribution in [2.75, 3.05) is 13.7 Å². The van der Waals surface area contributed by atoms with Crippen LogP contribution in [-0.2, 0) is 4.79 Å². The van der Waals surface area contributed by atoms with Gasteiger partial charge in [0.05, 0.1) is 18.2 Å². The molecular formula is C16H14ClN3O5. The molecule has 0 unspecified atom stereocenters. The maximum atomic E-state index is 11.7. The summed E-state index contributed by atoms with van der Waals surface area (Å²) in [7, 11) is 1.50. The number of benzene rings is 2. The van der Waals surface area contributed by atoms with E-state index in [4.69, 9.17) is 21.1 Å². The molecule has 0 saturated carbocycles. The largest absolute Gasteiger partial charge is 0.493 e. The number of nitro groups is 1. The molecule has 1 N–H and O–H groups in total. The van der Waals surface area contributed by atoms with Gasteiger partial charge in [-0.2, -0.15) is 5.10 Å². The molecule has 2 aromatic rings. The van der Waals surface area contributed by atoms with E-state index in [0.29, 0.717) is 17.1 Å². The molecule has 0 aromatic heterocycles. The molecule has 8 nitrogen and oxygen atoms in total. The van der Waals surface area contributed by atoms with Crippen molar-refractivity contribution in [2.45, 2.75) is 0 Å². The minimum absolute atomic E-state index is 0.0244. The lowest BCUT2D eigenvalue weighted by Crippen LogP contribution is -2.24. The van der Waals surface area contributed by atoms with E-state index in [1.165, 1.54) is 31.5 Å². The smallest absolute Gasteiger partial charge is 0.288 e. The van der Waals surface area contributed by atoms with E-state index < -0.39 is 10.8 Å². The van der Waals surface area contributed by atoms with Gasteiger partial charge in [0.2, 0.25) is 0 Å². The third-order valence-electron chi connectivity index (χ3n) is 3.00. The molecule has 0 aliphatic rings. The van der Waals surface area contributed by atoms with Crippen LogP contribution in [0.3, 0.4) is 0 Å². The van der Waals surface area contributed by atoms with E-state index in [1.54, 1.807) is 24.3 Å². The Kier molecular flexibility index (Phi) is 6.30. The highest BCUT2D eigenvalue weighted by Crippen LogP contribution is 2.25. The molecule has 0 radical (unpaired) electrons. The second-order valence-corrected chi connectivity index (χ2v) is 5.11. The predicted octanol–water partition coefficient (Wildman–Crippen LogP) is 2.79. The fraction of sp³-hybridized carbons (Fsp3) is 0.125. The molecule has 0 atom stereocenters. The fourth-order valence-corrected chi connectivity index (χ4v) is 2.03. The molecule has 2 rings (SSSR count). The molecule has 1 amide bonds. The van der Waals surface area contributed by atoms with Gasteiger partial charge >= 0.3 is 0 Å². The van der Waals surface area contributed by atoms with Gasteiger partial charge in [-0.3, -0.25) is 14.9 Å². The van der Waals surface area contributed by atoms with Crippen LogP contribution in [-0.4, -0.2) is 30.8 Å². The highest BCUT2D eigenvalue weighted by molar-refractivity contribution is 6.32. The Morgan fingerprint density at radius 3 is 2.72 bits per heavy atom. The maximum Gasteiger partial charge on any atom is 0.288 e. The zero-order valence-corrected chi connectivity index (χ0v) is 13.9. The third kappa shape index (κ3) is 5.18. The predicted molar refractivity (Wildman–Crippen MR) is 92.3 cm³/mol. The normalized spacial score (nSPS) is 10.5. The summed E-state index contributed by atoms with van der Waals surface area (Å²) in [5, 5.41) is 14.6. The topological polar surface area (TPSA) is 103 Å². The Morgan fingerprint density at radius 2 is 2.04 bits per heavy atom. The van der Waals surface area contributed by atoms with Gasteiger partial charge in [0.1, 0.15) is 5.02 Å². The van der Waals surface area contributed by atoms with Crippen LogP contribution in [0.25, 0.3) is 0 Å². The van der Waals surface area contributed by atoms with Gasteiger partial charge in [-0.05, 0) is 18.2 Å². The second kappa shape index (κ2) is 8.65. The Balaban J connectivity index is 1.90. The highest BCUT2D eigenvalue weighted by Gasteiger charge is 2.12. The Morgan fingerprint density at radius 1 is 1.32 bits per heavy atom. The molecule has 0 fully saturated rings. The van der Waals surface area contributed by atoms with E-state index in [0.717, 1.165) is 0 Å². The SMILES string of the molecule is COc1ccccc1OCC(=O)N/N=C/c1ccc(Cl)c([N+](=O)[O-])c1. The average molecular weight is 364 g/mol. The quantitative estimate of drug-likeness (QED) is 0.463. The summed E-state index contributed by atoms with van der Waals surface area (Å²) in [6.07, 6.45) is 1.27. The summed E-state index contributed by atoms with van der Waals surface area (Å²) >= 11 is 5.72. The van der Waals surface area contributed by atoms with Crippen molar-refractivity contribution < 1.29 is 19.2 Å². The number of methoxy groups -OCH3 is 1. The molecule has 0 bridgehead atoms. The molecule has 130 valence electrons. The van der Waals surface area contributed by atoms with E-state index in [9.17, 15) is 14.9 Å². The minimum Gasteiger partial charge on any atom is -0.493 e. The second-order valence-electron chi connectivity index (χ2n) is 4.70. The van der Waals surface area contributed by atoms with Crippen LogP contribution >= 0.6 is 11.6 Å². The monoisotopic (exact) mass is 363 g/mol.